The van der Waals surface area contributed by atoms with Gasteiger partial charge in [0.25, 0.3) is 0 Å². The minimum Gasteiger partial charge on any atom is -0.481 e. The number of aromatic amines is 1. The van der Waals surface area contributed by atoms with Crippen LogP contribution in [0, 0.1) is 0 Å². The van der Waals surface area contributed by atoms with Gasteiger partial charge in [-0.3, -0.25) is 14.4 Å². The van der Waals surface area contributed by atoms with Gasteiger partial charge in [0.1, 0.15) is 12.1 Å². The predicted molar refractivity (Wildman–Crippen MR) is 111 cm³/mol. The number of nitrogens with one attached hydrogen (secondary N) is 2. The highest BCUT2D eigenvalue weighted by Gasteiger charge is 2.49. The first-order valence-corrected chi connectivity index (χ1v) is 10.3. The van der Waals surface area contributed by atoms with Gasteiger partial charge >= 0.3 is 5.97 Å². The van der Waals surface area contributed by atoms with Gasteiger partial charge in [-0.1, -0.05) is 24.3 Å². The highest BCUT2D eigenvalue weighted by molar-refractivity contribution is 6.00. The number of piperazine rings is 1. The number of para-hydroxylation sites is 1. The summed E-state index contributed by atoms with van der Waals surface area (Å²) in [6.45, 7) is 0.120. The number of carboxylic acid groups (broad SMARTS) is 1. The molecule has 0 bridgehead atoms. The number of carboxylic acids is 1. The molecule has 0 spiro atoms. The number of carbonyl (C=O) groups is 3. The van der Waals surface area contributed by atoms with Crippen LogP contribution in [-0.2, 0) is 20.8 Å². The van der Waals surface area contributed by atoms with E-state index in [0.29, 0.717) is 17.9 Å². The van der Waals surface area contributed by atoms with Gasteiger partial charge in [-0.05, 0) is 29.3 Å². The molecule has 3 aromatic rings. The summed E-state index contributed by atoms with van der Waals surface area (Å²) in [5.41, 5.74) is 3.46. The third-order valence-electron chi connectivity index (χ3n) is 6.39. The third-order valence-corrected chi connectivity index (χ3v) is 6.39. The van der Waals surface area contributed by atoms with Gasteiger partial charge in [-0.15, -0.1) is 0 Å². The number of aliphatic carboxylic acids is 1. The Morgan fingerprint density at radius 3 is 2.78 bits per heavy atom. The van der Waals surface area contributed by atoms with E-state index in [-0.39, 0.29) is 12.7 Å². The summed E-state index contributed by atoms with van der Waals surface area (Å²) in [5.74, 6) is -0.728. The lowest BCUT2D eigenvalue weighted by Gasteiger charge is -2.46. The standard InChI is InChI=1S/C23H19N3O6/c27-19(28)9-15-23(30)26-16(22(29)25-15)8-13-12-3-1-2-4-14(12)24-20(13)21(26)11-5-6-17-18(7-11)32-10-31-17/h1-7,15-16,21,24H,8-10H2,(H,25,29)(H,27,28)/t15-,16+,21+/m0/s1. The van der Waals surface area contributed by atoms with Crippen LogP contribution in [-0.4, -0.2) is 51.7 Å². The minimum atomic E-state index is -1.15. The molecular weight excluding hydrogens is 414 g/mol. The molecule has 3 atom stereocenters. The first-order valence-electron chi connectivity index (χ1n) is 10.3. The summed E-state index contributed by atoms with van der Waals surface area (Å²) in [4.78, 5) is 42.8. The van der Waals surface area contributed by atoms with Crippen molar-refractivity contribution in [2.24, 2.45) is 0 Å². The summed E-state index contributed by atoms with van der Waals surface area (Å²) < 4.78 is 11.0. The molecule has 32 heavy (non-hydrogen) atoms. The first kappa shape index (κ1) is 18.7. The maximum atomic E-state index is 13.5. The van der Waals surface area contributed by atoms with Crippen molar-refractivity contribution in [3.05, 3.63) is 59.3 Å². The summed E-state index contributed by atoms with van der Waals surface area (Å²) in [5, 5.41) is 12.9. The summed E-state index contributed by atoms with van der Waals surface area (Å²) in [6.07, 6.45) is -0.126. The fourth-order valence-electron chi connectivity index (χ4n) is 5.02. The molecule has 3 N–H and O–H groups in total. The molecule has 1 aromatic heterocycles. The van der Waals surface area contributed by atoms with E-state index in [1.165, 1.54) is 4.90 Å². The maximum absolute atomic E-state index is 13.5. The molecular formula is C23H19N3O6. The van der Waals surface area contributed by atoms with E-state index >= 15 is 0 Å². The number of rotatable bonds is 3. The number of aromatic nitrogens is 1. The van der Waals surface area contributed by atoms with Crippen molar-refractivity contribution >= 4 is 28.7 Å². The zero-order valence-electron chi connectivity index (χ0n) is 16.8. The summed E-state index contributed by atoms with van der Waals surface area (Å²) in [7, 11) is 0. The number of hydrogen-bond acceptors (Lipinski definition) is 5. The van der Waals surface area contributed by atoms with Gasteiger partial charge in [0.2, 0.25) is 18.6 Å². The van der Waals surface area contributed by atoms with E-state index in [4.69, 9.17) is 9.47 Å². The second-order valence-corrected chi connectivity index (χ2v) is 8.20. The normalized spacial score (nSPS) is 23.6. The van der Waals surface area contributed by atoms with E-state index in [0.717, 1.165) is 27.7 Å². The highest BCUT2D eigenvalue weighted by Crippen LogP contribution is 2.44. The smallest absolute Gasteiger partial charge is 0.305 e. The first-order chi connectivity index (χ1) is 15.5. The zero-order chi connectivity index (χ0) is 22.0. The average Bonchev–Trinajstić information content (AvgIpc) is 3.39. The number of ether oxygens (including phenoxy) is 2. The Morgan fingerprint density at radius 2 is 1.94 bits per heavy atom. The molecule has 1 saturated heterocycles. The molecule has 162 valence electrons. The molecule has 3 aliphatic heterocycles. The fourth-order valence-corrected chi connectivity index (χ4v) is 5.02. The Balaban J connectivity index is 1.55. The van der Waals surface area contributed by atoms with Crippen LogP contribution < -0.4 is 14.8 Å². The average molecular weight is 433 g/mol. The molecule has 9 nitrogen and oxygen atoms in total. The Labute approximate surface area is 181 Å². The molecule has 2 aromatic carbocycles. The molecule has 9 heteroatoms. The van der Waals surface area contributed by atoms with Crippen LogP contribution in [0.25, 0.3) is 10.9 Å². The number of H-pyrrole nitrogens is 1. The maximum Gasteiger partial charge on any atom is 0.305 e. The number of hydrogen-bond donors (Lipinski definition) is 3. The van der Waals surface area contributed by atoms with Gasteiger partial charge < -0.3 is 29.8 Å². The summed E-state index contributed by atoms with van der Waals surface area (Å²) >= 11 is 0. The van der Waals surface area contributed by atoms with Crippen molar-refractivity contribution in [3.63, 3.8) is 0 Å². The Hall–Kier alpha value is -4.01. The highest BCUT2D eigenvalue weighted by atomic mass is 16.7. The van der Waals surface area contributed by atoms with Crippen LogP contribution in [0.4, 0.5) is 0 Å². The topological polar surface area (TPSA) is 121 Å². The number of benzene rings is 2. The van der Waals surface area contributed by atoms with Crippen LogP contribution in [0.2, 0.25) is 0 Å². The van der Waals surface area contributed by atoms with Crippen LogP contribution in [0.15, 0.2) is 42.5 Å². The van der Waals surface area contributed by atoms with Crippen LogP contribution in [0.1, 0.15) is 29.3 Å². The Bertz CT molecular complexity index is 1300. The predicted octanol–water partition coefficient (Wildman–Crippen LogP) is 1.71. The monoisotopic (exact) mass is 433 g/mol. The number of amides is 2. The van der Waals surface area contributed by atoms with Crippen molar-refractivity contribution < 1.29 is 29.0 Å². The zero-order valence-corrected chi connectivity index (χ0v) is 16.8. The van der Waals surface area contributed by atoms with Gasteiger partial charge in [0, 0.05) is 23.0 Å². The van der Waals surface area contributed by atoms with Crippen LogP contribution in [0.5, 0.6) is 11.5 Å². The lowest BCUT2D eigenvalue weighted by molar-refractivity contribution is -0.154. The van der Waals surface area contributed by atoms with E-state index in [1.54, 1.807) is 6.07 Å². The molecule has 0 unspecified atom stereocenters. The van der Waals surface area contributed by atoms with Crippen molar-refractivity contribution in [1.29, 1.82) is 0 Å². The van der Waals surface area contributed by atoms with E-state index in [2.05, 4.69) is 10.3 Å². The van der Waals surface area contributed by atoms with Crippen LogP contribution >= 0.6 is 0 Å². The van der Waals surface area contributed by atoms with E-state index in [1.807, 2.05) is 36.4 Å². The minimum absolute atomic E-state index is 0.120. The van der Waals surface area contributed by atoms with E-state index < -0.39 is 36.4 Å². The second-order valence-electron chi connectivity index (χ2n) is 8.20. The van der Waals surface area contributed by atoms with Gasteiger partial charge in [0.15, 0.2) is 11.5 Å². The molecule has 0 radical (unpaired) electrons. The molecule has 1 fully saturated rings. The van der Waals surface area contributed by atoms with Crippen molar-refractivity contribution in [3.8, 4) is 11.5 Å². The lowest BCUT2D eigenvalue weighted by Crippen LogP contribution is -2.66. The van der Waals surface area contributed by atoms with Gasteiger partial charge in [-0.2, -0.15) is 0 Å². The van der Waals surface area contributed by atoms with Crippen molar-refractivity contribution in [2.75, 3.05) is 6.79 Å². The lowest BCUT2D eigenvalue weighted by atomic mass is 9.85. The SMILES string of the molecule is O=C(O)C[C@@H]1NC(=O)[C@H]2Cc3c([nH]c4ccccc34)[C@@H](c3ccc4c(c3)OCO4)N2C1=O. The fraction of sp³-hybridized carbons (Fsp3) is 0.261. The molecule has 3 aliphatic rings. The van der Waals surface area contributed by atoms with Crippen molar-refractivity contribution in [2.45, 2.75) is 31.0 Å². The molecule has 0 saturated carbocycles. The number of carbonyl (C=O) groups excluding carboxylic acids is 2. The van der Waals surface area contributed by atoms with Crippen molar-refractivity contribution in [1.82, 2.24) is 15.2 Å². The molecule has 2 amide bonds. The largest absolute Gasteiger partial charge is 0.481 e. The van der Waals surface area contributed by atoms with Gasteiger partial charge in [0.05, 0.1) is 12.5 Å². The quantitative estimate of drug-likeness (QED) is 0.578. The van der Waals surface area contributed by atoms with Gasteiger partial charge in [-0.25, -0.2) is 0 Å². The summed E-state index contributed by atoms with van der Waals surface area (Å²) in [6, 6.07) is 10.8. The number of fused-ring (bicyclic) bond motifs is 5. The Morgan fingerprint density at radius 1 is 1.12 bits per heavy atom. The third kappa shape index (κ3) is 2.67. The molecule has 0 aliphatic carbocycles. The van der Waals surface area contributed by atoms with Crippen LogP contribution in [0.3, 0.4) is 0 Å². The van der Waals surface area contributed by atoms with E-state index in [9.17, 15) is 19.5 Å². The molecule has 6 rings (SSSR count). The molecule has 4 heterocycles. The number of nitrogens with zero attached hydrogens (tertiary/aromatic N) is 1. The second kappa shape index (κ2) is 6.74. The Kier molecular flexibility index (Phi) is 3.95.